The summed E-state index contributed by atoms with van der Waals surface area (Å²) in [6.07, 6.45) is 1.76. The predicted octanol–water partition coefficient (Wildman–Crippen LogP) is 6.73. The molecule has 0 fully saturated rings. The second-order valence-corrected chi connectivity index (χ2v) is 8.32. The van der Waals surface area contributed by atoms with E-state index >= 15 is 0 Å². The lowest BCUT2D eigenvalue weighted by Crippen LogP contribution is -2.04. The number of fused-ring (bicyclic) bond motifs is 2. The van der Waals surface area contributed by atoms with Gasteiger partial charge in [0.15, 0.2) is 0 Å². The molecule has 1 aliphatic carbocycles. The second-order valence-electron chi connectivity index (χ2n) is 8.32. The number of halogens is 1. The van der Waals surface area contributed by atoms with Crippen LogP contribution in [0.4, 0.5) is 4.39 Å². The molecule has 1 N–H and O–H groups in total. The molecule has 0 saturated carbocycles. The first-order chi connectivity index (χ1) is 15.6. The van der Waals surface area contributed by atoms with Crippen molar-refractivity contribution in [2.75, 3.05) is 0 Å². The van der Waals surface area contributed by atoms with Gasteiger partial charge < -0.3 is 9.84 Å². The largest absolute Gasteiger partial charge is 0.488 e. The van der Waals surface area contributed by atoms with Gasteiger partial charge in [-0.25, -0.2) is 4.39 Å². The predicted molar refractivity (Wildman–Crippen MR) is 123 cm³/mol. The van der Waals surface area contributed by atoms with Crippen molar-refractivity contribution in [1.29, 1.82) is 0 Å². The Hall–Kier alpha value is -3.66. The van der Waals surface area contributed by atoms with Crippen molar-refractivity contribution in [2.45, 2.75) is 31.8 Å². The summed E-state index contributed by atoms with van der Waals surface area (Å²) in [5.74, 6) is -0.377. The number of ether oxygens (including phenoxy) is 1. The van der Waals surface area contributed by atoms with Gasteiger partial charge in [0, 0.05) is 11.1 Å². The molecule has 0 heterocycles. The molecule has 1 aliphatic rings. The third-order valence-electron chi connectivity index (χ3n) is 6.27. The van der Waals surface area contributed by atoms with E-state index in [-0.39, 0.29) is 24.8 Å². The minimum absolute atomic E-state index is 0.00215. The van der Waals surface area contributed by atoms with Gasteiger partial charge in [-0.2, -0.15) is 0 Å². The number of aryl methyl sites for hydroxylation is 1. The normalized spacial score (nSPS) is 15.0. The number of carboxylic acids is 1. The van der Waals surface area contributed by atoms with Crippen molar-refractivity contribution < 1.29 is 19.0 Å². The maximum atomic E-state index is 14.1. The molecule has 160 valence electrons. The van der Waals surface area contributed by atoms with Gasteiger partial charge in [-0.3, -0.25) is 4.79 Å². The number of aliphatic carboxylic acids is 1. The molecule has 0 saturated heterocycles. The van der Waals surface area contributed by atoms with Crippen molar-refractivity contribution >= 4 is 16.7 Å². The lowest BCUT2D eigenvalue weighted by atomic mass is 9.92. The van der Waals surface area contributed by atoms with E-state index in [1.807, 2.05) is 18.2 Å². The number of hydrogen-bond acceptors (Lipinski definition) is 2. The van der Waals surface area contributed by atoms with Gasteiger partial charge in [0.1, 0.15) is 18.2 Å². The van der Waals surface area contributed by atoms with Crippen molar-refractivity contribution in [1.82, 2.24) is 0 Å². The minimum atomic E-state index is -0.782. The zero-order valence-electron chi connectivity index (χ0n) is 17.6. The fourth-order valence-electron chi connectivity index (χ4n) is 4.62. The van der Waals surface area contributed by atoms with Crippen LogP contribution < -0.4 is 4.74 Å². The van der Waals surface area contributed by atoms with Crippen LogP contribution in [0.5, 0.6) is 5.75 Å². The molecule has 1 unspecified atom stereocenters. The van der Waals surface area contributed by atoms with Gasteiger partial charge in [-0.05, 0) is 70.5 Å². The van der Waals surface area contributed by atoms with E-state index in [9.17, 15) is 14.3 Å². The third-order valence-corrected chi connectivity index (χ3v) is 6.27. The summed E-state index contributed by atoms with van der Waals surface area (Å²) in [5, 5.41) is 11.6. The SMILES string of the molecule is O=C(O)CC1CCc2cc(OCc3ccccc3F)c(-c3ccc4ccccc4c3)cc21. The molecule has 32 heavy (non-hydrogen) atoms. The average Bonchev–Trinajstić information content (AvgIpc) is 3.18. The molecule has 0 radical (unpaired) electrons. The lowest BCUT2D eigenvalue weighted by molar-refractivity contribution is -0.137. The molecule has 0 spiro atoms. The van der Waals surface area contributed by atoms with Crippen LogP contribution in [-0.4, -0.2) is 11.1 Å². The molecule has 0 aromatic heterocycles. The summed E-state index contributed by atoms with van der Waals surface area (Å²) in [7, 11) is 0. The summed E-state index contributed by atoms with van der Waals surface area (Å²) in [6, 6.07) is 25.1. The van der Waals surface area contributed by atoms with Crippen molar-refractivity contribution in [3.05, 3.63) is 101 Å². The minimum Gasteiger partial charge on any atom is -0.488 e. The van der Waals surface area contributed by atoms with Gasteiger partial charge in [0.05, 0.1) is 6.42 Å². The number of carboxylic acid groups (broad SMARTS) is 1. The number of rotatable bonds is 6. The van der Waals surface area contributed by atoms with Gasteiger partial charge >= 0.3 is 5.97 Å². The summed E-state index contributed by atoms with van der Waals surface area (Å²) in [6.45, 7) is 0.130. The van der Waals surface area contributed by atoms with Crippen LogP contribution in [0.15, 0.2) is 78.9 Å². The van der Waals surface area contributed by atoms with E-state index in [2.05, 4.69) is 36.4 Å². The lowest BCUT2D eigenvalue weighted by Gasteiger charge is -2.17. The highest BCUT2D eigenvalue weighted by atomic mass is 19.1. The Morgan fingerprint density at radius 3 is 2.56 bits per heavy atom. The molecule has 0 bridgehead atoms. The van der Waals surface area contributed by atoms with Crippen LogP contribution in [0.1, 0.15) is 35.4 Å². The topological polar surface area (TPSA) is 46.5 Å². The number of carbonyl (C=O) groups is 1. The molecule has 3 nitrogen and oxygen atoms in total. The molecular formula is C28H23FO3. The van der Waals surface area contributed by atoms with Crippen LogP contribution in [-0.2, 0) is 17.8 Å². The first-order valence-corrected chi connectivity index (χ1v) is 10.8. The van der Waals surface area contributed by atoms with Crippen LogP contribution in [0.25, 0.3) is 21.9 Å². The Kier molecular flexibility index (Phi) is 5.36. The van der Waals surface area contributed by atoms with Crippen molar-refractivity contribution in [2.24, 2.45) is 0 Å². The van der Waals surface area contributed by atoms with E-state index in [0.29, 0.717) is 11.3 Å². The van der Waals surface area contributed by atoms with E-state index < -0.39 is 5.97 Å². The van der Waals surface area contributed by atoms with E-state index in [1.165, 1.54) is 6.07 Å². The third kappa shape index (κ3) is 3.96. The summed E-state index contributed by atoms with van der Waals surface area (Å²) < 4.78 is 20.3. The molecule has 4 aromatic rings. The van der Waals surface area contributed by atoms with Gasteiger partial charge in [-0.1, -0.05) is 54.6 Å². The summed E-state index contributed by atoms with van der Waals surface area (Å²) in [5.41, 5.74) is 4.60. The molecule has 0 amide bonds. The van der Waals surface area contributed by atoms with Gasteiger partial charge in [0.2, 0.25) is 0 Å². The first kappa shape index (κ1) is 20.3. The maximum Gasteiger partial charge on any atom is 0.303 e. The maximum absolute atomic E-state index is 14.1. The summed E-state index contributed by atoms with van der Waals surface area (Å²) in [4.78, 5) is 11.4. The van der Waals surface area contributed by atoms with Gasteiger partial charge in [0.25, 0.3) is 0 Å². The second kappa shape index (κ2) is 8.46. The summed E-state index contributed by atoms with van der Waals surface area (Å²) >= 11 is 0. The highest BCUT2D eigenvalue weighted by molar-refractivity contribution is 5.88. The van der Waals surface area contributed by atoms with E-state index in [1.54, 1.807) is 18.2 Å². The van der Waals surface area contributed by atoms with Gasteiger partial charge in [-0.15, -0.1) is 0 Å². The number of benzene rings is 4. The smallest absolute Gasteiger partial charge is 0.303 e. The molecule has 1 atom stereocenters. The Morgan fingerprint density at radius 1 is 0.969 bits per heavy atom. The van der Waals surface area contributed by atoms with E-state index in [0.717, 1.165) is 45.9 Å². The zero-order chi connectivity index (χ0) is 22.1. The molecule has 4 heteroatoms. The van der Waals surface area contributed by atoms with Crippen molar-refractivity contribution in [3.63, 3.8) is 0 Å². The quantitative estimate of drug-likeness (QED) is 0.372. The molecular weight excluding hydrogens is 403 g/mol. The fraction of sp³-hybridized carbons (Fsp3) is 0.179. The Labute approximate surface area is 186 Å². The van der Waals surface area contributed by atoms with E-state index in [4.69, 9.17) is 4.74 Å². The molecule has 5 rings (SSSR count). The highest BCUT2D eigenvalue weighted by Gasteiger charge is 2.27. The van der Waals surface area contributed by atoms with Crippen molar-refractivity contribution in [3.8, 4) is 16.9 Å². The average molecular weight is 426 g/mol. The van der Waals surface area contributed by atoms with Crippen LogP contribution >= 0.6 is 0 Å². The van der Waals surface area contributed by atoms with Crippen LogP contribution in [0.2, 0.25) is 0 Å². The monoisotopic (exact) mass is 426 g/mol. The Balaban J connectivity index is 1.58. The molecule has 0 aliphatic heterocycles. The Bertz CT molecular complexity index is 1310. The molecule has 4 aromatic carbocycles. The zero-order valence-corrected chi connectivity index (χ0v) is 17.6. The number of hydrogen-bond donors (Lipinski definition) is 1. The first-order valence-electron chi connectivity index (χ1n) is 10.8. The standard InChI is InChI=1S/C28H23FO3/c29-26-8-4-3-7-23(26)17-32-27-14-21-11-12-22(15-28(30)31)24(21)16-25(27)20-10-9-18-5-1-2-6-19(18)13-20/h1-10,13-14,16,22H,11-12,15,17H2,(H,30,31). The Morgan fingerprint density at radius 2 is 1.75 bits per heavy atom. The van der Waals surface area contributed by atoms with Crippen LogP contribution in [0.3, 0.4) is 0 Å². The fourth-order valence-corrected chi connectivity index (χ4v) is 4.62. The highest BCUT2D eigenvalue weighted by Crippen LogP contribution is 2.43. The van der Waals surface area contributed by atoms with Crippen LogP contribution in [0, 0.1) is 5.82 Å².